The molecule has 0 aliphatic rings. The number of alkyl halides is 1. The number of halogens is 1. The molecule has 0 saturated heterocycles. The van der Waals surface area contributed by atoms with Crippen LogP contribution in [0.3, 0.4) is 0 Å². The third-order valence-electron chi connectivity index (χ3n) is 1.54. The lowest BCUT2D eigenvalue weighted by molar-refractivity contribution is 0.361. The molecule has 0 aliphatic carbocycles. The lowest BCUT2D eigenvalue weighted by Crippen LogP contribution is -2.10. The highest BCUT2D eigenvalue weighted by atomic mass is 19.1. The summed E-state index contributed by atoms with van der Waals surface area (Å²) in [5, 5.41) is 0. The summed E-state index contributed by atoms with van der Waals surface area (Å²) in [6.45, 7) is 5.65. The molecule has 3 heteroatoms. The molecule has 1 rings (SSSR count). The van der Waals surface area contributed by atoms with Gasteiger partial charge in [0.05, 0.1) is 12.9 Å². The average molecular weight is 171 g/mol. The van der Waals surface area contributed by atoms with Gasteiger partial charge in [-0.1, -0.05) is 20.8 Å². The summed E-state index contributed by atoms with van der Waals surface area (Å²) in [6, 6.07) is 0. The number of hydrogen-bond acceptors (Lipinski definition) is 2. The van der Waals surface area contributed by atoms with Crippen molar-refractivity contribution >= 4 is 0 Å². The monoisotopic (exact) mass is 171 g/mol. The van der Waals surface area contributed by atoms with Crippen LogP contribution in [0, 0.1) is 0 Å². The summed E-state index contributed by atoms with van der Waals surface area (Å²) in [5.41, 5.74) is -0.0887. The SMILES string of the molecule is CC(C)(C)c1ncc(CCF)o1. The van der Waals surface area contributed by atoms with Gasteiger partial charge in [-0.2, -0.15) is 0 Å². The summed E-state index contributed by atoms with van der Waals surface area (Å²) in [4.78, 5) is 4.07. The molecule has 0 saturated carbocycles. The minimum absolute atomic E-state index is 0.0887. The highest BCUT2D eigenvalue weighted by Gasteiger charge is 2.19. The van der Waals surface area contributed by atoms with Crippen molar-refractivity contribution in [3.05, 3.63) is 17.8 Å². The van der Waals surface area contributed by atoms with Crippen molar-refractivity contribution in [2.75, 3.05) is 6.67 Å². The maximum Gasteiger partial charge on any atom is 0.199 e. The molecular formula is C9H14FNO. The Labute approximate surface area is 71.8 Å². The van der Waals surface area contributed by atoms with E-state index in [4.69, 9.17) is 4.42 Å². The van der Waals surface area contributed by atoms with E-state index in [0.29, 0.717) is 18.1 Å². The molecular weight excluding hydrogens is 157 g/mol. The number of aryl methyl sites for hydroxylation is 1. The molecule has 0 aliphatic heterocycles. The number of nitrogens with zero attached hydrogens (tertiary/aromatic N) is 1. The molecule has 68 valence electrons. The van der Waals surface area contributed by atoms with Gasteiger partial charge in [-0.3, -0.25) is 4.39 Å². The molecule has 0 N–H and O–H groups in total. The maximum absolute atomic E-state index is 11.9. The molecule has 0 unspecified atom stereocenters. The van der Waals surface area contributed by atoms with Crippen LogP contribution in [-0.4, -0.2) is 11.7 Å². The van der Waals surface area contributed by atoms with Crippen molar-refractivity contribution in [2.24, 2.45) is 0 Å². The molecule has 1 heterocycles. The van der Waals surface area contributed by atoms with E-state index >= 15 is 0 Å². The summed E-state index contributed by atoms with van der Waals surface area (Å²) in [5.74, 6) is 1.30. The van der Waals surface area contributed by atoms with Crippen molar-refractivity contribution in [1.29, 1.82) is 0 Å². The van der Waals surface area contributed by atoms with E-state index in [1.54, 1.807) is 6.20 Å². The van der Waals surface area contributed by atoms with E-state index in [0.717, 1.165) is 0 Å². The number of rotatable bonds is 2. The smallest absolute Gasteiger partial charge is 0.199 e. The molecule has 2 nitrogen and oxygen atoms in total. The Morgan fingerprint density at radius 3 is 2.58 bits per heavy atom. The Morgan fingerprint density at radius 2 is 2.17 bits per heavy atom. The molecule has 0 radical (unpaired) electrons. The highest BCUT2D eigenvalue weighted by Crippen LogP contribution is 2.21. The zero-order valence-corrected chi connectivity index (χ0v) is 7.72. The molecule has 0 fully saturated rings. The maximum atomic E-state index is 11.9. The van der Waals surface area contributed by atoms with Gasteiger partial charge in [-0.15, -0.1) is 0 Å². The number of aromatic nitrogens is 1. The average Bonchev–Trinajstić information content (AvgIpc) is 2.35. The number of oxazole rings is 1. The third-order valence-corrected chi connectivity index (χ3v) is 1.54. The van der Waals surface area contributed by atoms with Crippen molar-refractivity contribution in [1.82, 2.24) is 4.98 Å². The van der Waals surface area contributed by atoms with Crippen LogP contribution < -0.4 is 0 Å². The van der Waals surface area contributed by atoms with E-state index in [-0.39, 0.29) is 5.41 Å². The highest BCUT2D eigenvalue weighted by molar-refractivity contribution is 5.02. The van der Waals surface area contributed by atoms with Crippen molar-refractivity contribution in [2.45, 2.75) is 32.6 Å². The summed E-state index contributed by atoms with van der Waals surface area (Å²) in [6.07, 6.45) is 1.92. The first-order valence-corrected chi connectivity index (χ1v) is 4.05. The van der Waals surface area contributed by atoms with Gasteiger partial charge >= 0.3 is 0 Å². The van der Waals surface area contributed by atoms with E-state index in [1.807, 2.05) is 20.8 Å². The molecule has 1 aromatic heterocycles. The molecule has 0 spiro atoms. The Bertz CT molecular complexity index is 249. The van der Waals surface area contributed by atoms with Gasteiger partial charge in [0.2, 0.25) is 0 Å². The Kier molecular flexibility index (Phi) is 2.50. The van der Waals surface area contributed by atoms with E-state index in [2.05, 4.69) is 4.98 Å². The first-order valence-electron chi connectivity index (χ1n) is 4.05. The van der Waals surface area contributed by atoms with Crippen LogP contribution in [0.1, 0.15) is 32.4 Å². The molecule has 12 heavy (non-hydrogen) atoms. The molecule has 0 amide bonds. The Morgan fingerprint density at radius 1 is 1.50 bits per heavy atom. The fourth-order valence-corrected chi connectivity index (χ4v) is 0.863. The Balaban J connectivity index is 2.77. The zero-order valence-electron chi connectivity index (χ0n) is 7.72. The normalized spacial score (nSPS) is 12.0. The van der Waals surface area contributed by atoms with Gasteiger partial charge in [-0.25, -0.2) is 4.98 Å². The van der Waals surface area contributed by atoms with Crippen molar-refractivity contribution in [3.63, 3.8) is 0 Å². The summed E-state index contributed by atoms with van der Waals surface area (Å²) < 4.78 is 17.2. The molecule has 0 bridgehead atoms. The molecule has 0 atom stereocenters. The summed E-state index contributed by atoms with van der Waals surface area (Å²) in [7, 11) is 0. The molecule has 1 aromatic rings. The predicted octanol–water partition coefficient (Wildman–Crippen LogP) is 2.48. The van der Waals surface area contributed by atoms with E-state index in [9.17, 15) is 4.39 Å². The molecule has 0 aromatic carbocycles. The van der Waals surface area contributed by atoms with Crippen LogP contribution in [0.4, 0.5) is 4.39 Å². The van der Waals surface area contributed by atoms with E-state index < -0.39 is 6.67 Å². The van der Waals surface area contributed by atoms with Crippen LogP contribution in [-0.2, 0) is 11.8 Å². The lowest BCUT2D eigenvalue weighted by Gasteiger charge is -2.11. The van der Waals surface area contributed by atoms with Gasteiger partial charge in [0.15, 0.2) is 5.89 Å². The fraction of sp³-hybridized carbons (Fsp3) is 0.667. The van der Waals surface area contributed by atoms with Gasteiger partial charge in [0.25, 0.3) is 0 Å². The van der Waals surface area contributed by atoms with Gasteiger partial charge in [0, 0.05) is 11.8 Å². The van der Waals surface area contributed by atoms with Crippen molar-refractivity contribution in [3.8, 4) is 0 Å². The van der Waals surface area contributed by atoms with Gasteiger partial charge in [-0.05, 0) is 0 Å². The number of hydrogen-bond donors (Lipinski definition) is 0. The lowest BCUT2D eigenvalue weighted by atomic mass is 9.97. The second-order valence-electron chi connectivity index (χ2n) is 3.82. The third kappa shape index (κ3) is 2.06. The first-order chi connectivity index (χ1) is 5.54. The van der Waals surface area contributed by atoms with Crippen LogP contribution in [0.5, 0.6) is 0 Å². The quantitative estimate of drug-likeness (QED) is 0.683. The van der Waals surface area contributed by atoms with Crippen LogP contribution in [0.2, 0.25) is 0 Å². The zero-order chi connectivity index (χ0) is 9.19. The van der Waals surface area contributed by atoms with E-state index in [1.165, 1.54) is 0 Å². The second-order valence-corrected chi connectivity index (χ2v) is 3.82. The van der Waals surface area contributed by atoms with Crippen LogP contribution in [0.25, 0.3) is 0 Å². The standard InChI is InChI=1S/C9H14FNO/c1-9(2,3)8-11-6-7(12-8)4-5-10/h6H,4-5H2,1-3H3. The fourth-order valence-electron chi connectivity index (χ4n) is 0.863. The minimum Gasteiger partial charge on any atom is -0.445 e. The largest absolute Gasteiger partial charge is 0.445 e. The second kappa shape index (κ2) is 3.25. The van der Waals surface area contributed by atoms with Gasteiger partial charge in [0.1, 0.15) is 5.76 Å². The summed E-state index contributed by atoms with van der Waals surface area (Å²) >= 11 is 0. The topological polar surface area (TPSA) is 26.0 Å². The van der Waals surface area contributed by atoms with Crippen molar-refractivity contribution < 1.29 is 8.81 Å². The predicted molar refractivity (Wildman–Crippen MR) is 44.9 cm³/mol. The van der Waals surface area contributed by atoms with Gasteiger partial charge < -0.3 is 4.42 Å². The Hall–Kier alpha value is -0.860. The van der Waals surface area contributed by atoms with Crippen LogP contribution in [0.15, 0.2) is 10.6 Å². The first kappa shape index (κ1) is 9.23. The minimum atomic E-state index is -0.390. The van der Waals surface area contributed by atoms with Crippen LogP contribution >= 0.6 is 0 Å².